The molecule has 0 aliphatic rings. The Labute approximate surface area is 97.6 Å². The summed E-state index contributed by atoms with van der Waals surface area (Å²) in [5, 5.41) is 10.5. The van der Waals surface area contributed by atoms with Crippen molar-refractivity contribution in [2.24, 2.45) is 5.84 Å². The van der Waals surface area contributed by atoms with Crippen LogP contribution in [0.3, 0.4) is 0 Å². The van der Waals surface area contributed by atoms with Gasteiger partial charge in [0, 0.05) is 6.54 Å². The molecule has 1 rings (SSSR count). The van der Waals surface area contributed by atoms with Gasteiger partial charge in [-0.25, -0.2) is 0 Å². The summed E-state index contributed by atoms with van der Waals surface area (Å²) in [6, 6.07) is 2.15. The fourth-order valence-electron chi connectivity index (χ4n) is 2.31. The van der Waals surface area contributed by atoms with Gasteiger partial charge in [-0.15, -0.1) is 0 Å². The molecule has 0 saturated carbocycles. The van der Waals surface area contributed by atoms with Gasteiger partial charge in [-0.05, 0) is 62.4 Å². The van der Waals surface area contributed by atoms with Crippen molar-refractivity contribution in [3.05, 3.63) is 33.9 Å². The van der Waals surface area contributed by atoms with Crippen molar-refractivity contribution in [2.45, 2.75) is 40.2 Å². The minimum Gasteiger partial charge on any atom is -0.384 e. The van der Waals surface area contributed by atoms with Crippen LogP contribution in [0.4, 0.5) is 0 Å². The Morgan fingerprint density at radius 1 is 1.19 bits per heavy atom. The molecule has 0 saturated heterocycles. The zero-order valence-electron chi connectivity index (χ0n) is 10.8. The molecule has 3 nitrogen and oxygen atoms in total. The van der Waals surface area contributed by atoms with Gasteiger partial charge in [0.1, 0.15) is 5.60 Å². The summed E-state index contributed by atoms with van der Waals surface area (Å²) in [5.74, 6) is 5.32. The van der Waals surface area contributed by atoms with Crippen molar-refractivity contribution in [3.8, 4) is 0 Å². The molecule has 3 heteroatoms. The second kappa shape index (κ2) is 4.53. The van der Waals surface area contributed by atoms with E-state index in [9.17, 15) is 5.11 Å². The van der Waals surface area contributed by atoms with Crippen LogP contribution in [0.15, 0.2) is 6.07 Å². The summed E-state index contributed by atoms with van der Waals surface area (Å²) in [7, 11) is 0. The SMILES string of the molecule is Cc1cc(C)c(C)c(C(C)(O)CNN)c1C. The van der Waals surface area contributed by atoms with Crippen molar-refractivity contribution < 1.29 is 5.11 Å². The third kappa shape index (κ3) is 2.26. The molecule has 0 radical (unpaired) electrons. The van der Waals surface area contributed by atoms with Crippen LogP contribution in [-0.4, -0.2) is 11.7 Å². The van der Waals surface area contributed by atoms with Crippen LogP contribution in [0.25, 0.3) is 0 Å². The van der Waals surface area contributed by atoms with Crippen LogP contribution >= 0.6 is 0 Å². The lowest BCUT2D eigenvalue weighted by atomic mass is 9.84. The van der Waals surface area contributed by atoms with Crippen molar-refractivity contribution in [1.29, 1.82) is 0 Å². The maximum absolute atomic E-state index is 10.5. The molecule has 90 valence electrons. The van der Waals surface area contributed by atoms with Gasteiger partial charge in [0.25, 0.3) is 0 Å². The first-order chi connectivity index (χ1) is 7.31. The van der Waals surface area contributed by atoms with E-state index in [-0.39, 0.29) is 0 Å². The molecule has 1 unspecified atom stereocenters. The second-order valence-corrected chi connectivity index (χ2v) is 4.79. The second-order valence-electron chi connectivity index (χ2n) is 4.79. The van der Waals surface area contributed by atoms with E-state index < -0.39 is 5.60 Å². The van der Waals surface area contributed by atoms with Crippen LogP contribution in [0, 0.1) is 27.7 Å². The normalized spacial score (nSPS) is 14.9. The molecule has 0 amide bonds. The number of hydrogen-bond donors (Lipinski definition) is 3. The van der Waals surface area contributed by atoms with E-state index in [1.807, 2.05) is 13.8 Å². The van der Waals surface area contributed by atoms with Gasteiger partial charge >= 0.3 is 0 Å². The van der Waals surface area contributed by atoms with Crippen molar-refractivity contribution >= 4 is 0 Å². The fraction of sp³-hybridized carbons (Fsp3) is 0.538. The van der Waals surface area contributed by atoms with Gasteiger partial charge in [-0.1, -0.05) is 6.07 Å². The number of aryl methyl sites for hydroxylation is 2. The number of benzene rings is 1. The summed E-state index contributed by atoms with van der Waals surface area (Å²) in [6.45, 7) is 10.4. The summed E-state index contributed by atoms with van der Waals surface area (Å²) in [6.07, 6.45) is 0. The van der Waals surface area contributed by atoms with E-state index in [0.717, 1.165) is 16.7 Å². The zero-order chi connectivity index (χ0) is 12.5. The van der Waals surface area contributed by atoms with Gasteiger partial charge in [0.2, 0.25) is 0 Å². The van der Waals surface area contributed by atoms with Crippen molar-refractivity contribution in [1.82, 2.24) is 5.43 Å². The predicted molar refractivity (Wildman–Crippen MR) is 67.2 cm³/mol. The van der Waals surface area contributed by atoms with Crippen LogP contribution in [0.2, 0.25) is 0 Å². The summed E-state index contributed by atoms with van der Waals surface area (Å²) >= 11 is 0. The van der Waals surface area contributed by atoms with Crippen LogP contribution < -0.4 is 11.3 Å². The Hall–Kier alpha value is -0.900. The number of hydrazine groups is 1. The van der Waals surface area contributed by atoms with Gasteiger partial charge in [-0.2, -0.15) is 0 Å². The lowest BCUT2D eigenvalue weighted by Gasteiger charge is -2.29. The first kappa shape index (κ1) is 13.2. The topological polar surface area (TPSA) is 58.3 Å². The lowest BCUT2D eigenvalue weighted by Crippen LogP contribution is -2.40. The first-order valence-electron chi connectivity index (χ1n) is 5.55. The average molecular weight is 222 g/mol. The minimum absolute atomic E-state index is 0.345. The lowest BCUT2D eigenvalue weighted by molar-refractivity contribution is 0.0558. The minimum atomic E-state index is -0.931. The third-order valence-corrected chi connectivity index (χ3v) is 3.35. The van der Waals surface area contributed by atoms with Gasteiger partial charge < -0.3 is 5.11 Å². The monoisotopic (exact) mass is 222 g/mol. The largest absolute Gasteiger partial charge is 0.384 e. The maximum Gasteiger partial charge on any atom is 0.101 e. The zero-order valence-corrected chi connectivity index (χ0v) is 10.8. The van der Waals surface area contributed by atoms with Crippen LogP contribution in [0.1, 0.15) is 34.7 Å². The molecule has 1 atom stereocenters. The Balaban J connectivity index is 3.42. The molecule has 0 aromatic heterocycles. The number of nitrogens with two attached hydrogens (primary N) is 1. The third-order valence-electron chi connectivity index (χ3n) is 3.35. The molecule has 0 bridgehead atoms. The van der Waals surface area contributed by atoms with E-state index in [1.165, 1.54) is 11.1 Å². The smallest absolute Gasteiger partial charge is 0.101 e. The Morgan fingerprint density at radius 3 is 2.00 bits per heavy atom. The molecule has 1 aromatic carbocycles. The highest BCUT2D eigenvalue weighted by Crippen LogP contribution is 2.30. The Kier molecular flexibility index (Phi) is 3.73. The molecule has 0 heterocycles. The van der Waals surface area contributed by atoms with Crippen LogP contribution in [0.5, 0.6) is 0 Å². The summed E-state index contributed by atoms with van der Waals surface area (Å²) in [4.78, 5) is 0. The van der Waals surface area contributed by atoms with E-state index >= 15 is 0 Å². The number of rotatable bonds is 3. The number of aliphatic hydroxyl groups is 1. The summed E-state index contributed by atoms with van der Waals surface area (Å²) in [5.41, 5.74) is 7.30. The van der Waals surface area contributed by atoms with Crippen LogP contribution in [-0.2, 0) is 5.60 Å². The van der Waals surface area contributed by atoms with Crippen molar-refractivity contribution in [3.63, 3.8) is 0 Å². The quantitative estimate of drug-likeness (QED) is 0.538. The highest BCUT2D eigenvalue weighted by Gasteiger charge is 2.27. The van der Waals surface area contributed by atoms with E-state index in [1.54, 1.807) is 6.92 Å². The van der Waals surface area contributed by atoms with Crippen molar-refractivity contribution in [2.75, 3.05) is 6.54 Å². The number of nitrogens with one attached hydrogen (secondary N) is 1. The van der Waals surface area contributed by atoms with E-state index in [2.05, 4.69) is 25.3 Å². The molecule has 16 heavy (non-hydrogen) atoms. The highest BCUT2D eigenvalue weighted by molar-refractivity contribution is 5.47. The molecule has 0 aliphatic heterocycles. The predicted octanol–water partition coefficient (Wildman–Crippen LogP) is 1.59. The Morgan fingerprint density at radius 2 is 1.62 bits per heavy atom. The molecule has 0 fully saturated rings. The van der Waals surface area contributed by atoms with Gasteiger partial charge in [-0.3, -0.25) is 11.3 Å². The highest BCUT2D eigenvalue weighted by atomic mass is 16.3. The van der Waals surface area contributed by atoms with E-state index in [4.69, 9.17) is 5.84 Å². The first-order valence-corrected chi connectivity index (χ1v) is 5.55. The molecule has 4 N–H and O–H groups in total. The fourth-order valence-corrected chi connectivity index (χ4v) is 2.31. The van der Waals surface area contributed by atoms with E-state index in [0.29, 0.717) is 6.54 Å². The molecular formula is C13H22N2O. The number of hydrogen-bond acceptors (Lipinski definition) is 3. The Bertz CT molecular complexity index is 371. The average Bonchev–Trinajstić information content (AvgIpc) is 2.14. The molecule has 0 aliphatic carbocycles. The maximum atomic E-state index is 10.5. The van der Waals surface area contributed by atoms with Gasteiger partial charge in [0.15, 0.2) is 0 Å². The standard InChI is InChI=1S/C13H22N2O/c1-8-6-9(2)11(4)12(10(8)3)13(5,16)7-15-14/h6,15-16H,7,14H2,1-5H3. The molecule has 0 spiro atoms. The molecule has 1 aromatic rings. The van der Waals surface area contributed by atoms with Gasteiger partial charge in [0.05, 0.1) is 0 Å². The summed E-state index contributed by atoms with van der Waals surface area (Å²) < 4.78 is 0. The molecular weight excluding hydrogens is 200 g/mol.